The lowest BCUT2D eigenvalue weighted by molar-refractivity contribution is -0.401. The van der Waals surface area contributed by atoms with Gasteiger partial charge in [-0.2, -0.15) is 14.8 Å². The molecule has 0 aromatic heterocycles. The minimum absolute atomic E-state index is 0.0397. The quantitative estimate of drug-likeness (QED) is 0.00836. The highest BCUT2D eigenvalue weighted by atomic mass is 33.1. The molecule has 16 nitrogen and oxygen atoms in total. The molecule has 2 aliphatic heterocycles. The van der Waals surface area contributed by atoms with E-state index in [2.05, 4.69) is 176 Å². The van der Waals surface area contributed by atoms with E-state index >= 15 is 0 Å². The SMILES string of the molecule is C#CCNC(=O)C(CCCCNC(=O)CC(C)(C)O[Si](OCCCC(=O)CCCCCN1C(=CC=CC2=[N+](C)c3ccccc3C2(C)C)C(C)(C)c2ccccc21)(C(C)C)C(C)C)NC(=O)CCSSCCNC(=O)c1ccc(N=Nc2ccc(N(C)C)cc2)cc1. The van der Waals surface area contributed by atoms with Gasteiger partial charge in [-0.05, 0) is 144 Å². The van der Waals surface area contributed by atoms with Crippen molar-refractivity contribution in [1.82, 2.24) is 21.3 Å². The van der Waals surface area contributed by atoms with Crippen LogP contribution >= 0.6 is 21.6 Å². The Morgan fingerprint density at radius 3 is 2.04 bits per heavy atom. The molecule has 1 unspecified atom stereocenters. The van der Waals surface area contributed by atoms with Gasteiger partial charge in [-0.25, -0.2) is 0 Å². The van der Waals surface area contributed by atoms with Crippen LogP contribution in [0.25, 0.3) is 0 Å². The molecular formula is C73H102N9O7S2Si+. The standard InChI is InChI=1S/C73H101N9O7S2Si/c1-15-45-75-70(87)62(77-67(84)44-50-90-91-51-47-76-69(86)55-36-38-56(39-37-55)78-79-57-40-42-58(43-41-57)80(12)13)31-22-23-46-74-68(85)52-71(6,7)89-92(53(2)3,54(4)5)88-49-26-28-59(83)27-17-16-24-48-82-64-33-21-19-30-61(64)73(10,11)66(82)35-25-34-65-72(8,9)60-29-18-20-32-63(60)81(65)14/h1,18-21,25,29-30,32-43,53-54,62H,16-17,22-24,26-28,31,44-52H2,2-14H3,(H3-,74,75,76,77,84,85,86,87)/p+1. The highest BCUT2D eigenvalue weighted by Crippen LogP contribution is 2.48. The van der Waals surface area contributed by atoms with E-state index in [0.29, 0.717) is 81.0 Å². The summed E-state index contributed by atoms with van der Waals surface area (Å²) in [5.41, 5.74) is 9.81. The second-order valence-electron chi connectivity index (χ2n) is 26.4. The van der Waals surface area contributed by atoms with E-state index < -0.39 is 20.2 Å². The van der Waals surface area contributed by atoms with E-state index in [1.807, 2.05) is 57.1 Å². The maximum atomic E-state index is 13.4. The second-order valence-corrected chi connectivity index (χ2v) is 33.3. The summed E-state index contributed by atoms with van der Waals surface area (Å²) in [4.78, 5) is 70.0. The van der Waals surface area contributed by atoms with Crippen molar-refractivity contribution in [3.8, 4) is 12.3 Å². The van der Waals surface area contributed by atoms with Gasteiger partial charge in [-0.1, -0.05) is 118 Å². The van der Waals surface area contributed by atoms with Crippen molar-refractivity contribution < 1.29 is 37.4 Å². The molecule has 92 heavy (non-hydrogen) atoms. The van der Waals surface area contributed by atoms with Gasteiger partial charge >= 0.3 is 8.56 Å². The molecule has 0 spiro atoms. The van der Waals surface area contributed by atoms with E-state index in [1.54, 1.807) is 35.1 Å². The molecule has 0 aliphatic carbocycles. The average Bonchev–Trinajstić information content (AvgIpc) is 1.60. The van der Waals surface area contributed by atoms with E-state index in [4.69, 9.17) is 15.3 Å². The number of para-hydroxylation sites is 2. The van der Waals surface area contributed by atoms with E-state index in [1.165, 1.54) is 44.7 Å². The maximum absolute atomic E-state index is 13.4. The summed E-state index contributed by atoms with van der Waals surface area (Å²) in [6.45, 7) is 23.7. The Hall–Kier alpha value is -6.82. The fourth-order valence-electron chi connectivity index (χ4n) is 12.2. The predicted octanol–water partition coefficient (Wildman–Crippen LogP) is 14.5. The molecule has 0 fully saturated rings. The predicted molar refractivity (Wildman–Crippen MR) is 383 cm³/mol. The Labute approximate surface area is 558 Å². The van der Waals surface area contributed by atoms with Gasteiger partial charge in [0.2, 0.25) is 23.4 Å². The Bertz CT molecular complexity index is 3290. The summed E-state index contributed by atoms with van der Waals surface area (Å²) in [6.07, 6.45) is 18.4. The molecule has 6 rings (SSSR count). The smallest absolute Gasteiger partial charge is 0.343 e. The highest BCUT2D eigenvalue weighted by molar-refractivity contribution is 8.76. The number of nitrogens with one attached hydrogen (secondary N) is 4. The number of ketones is 1. The molecule has 4 N–H and O–H groups in total. The number of anilines is 2. The molecule has 2 heterocycles. The Balaban J connectivity index is 0.855. The number of carbonyl (C=O) groups excluding carboxylic acids is 5. The van der Waals surface area contributed by atoms with Crippen molar-refractivity contribution in [1.29, 1.82) is 0 Å². The summed E-state index contributed by atoms with van der Waals surface area (Å²) in [5.74, 6) is 2.86. The van der Waals surface area contributed by atoms with Gasteiger partial charge < -0.3 is 39.9 Å². The zero-order chi connectivity index (χ0) is 67.1. The summed E-state index contributed by atoms with van der Waals surface area (Å²) in [7, 11) is 6.28. The van der Waals surface area contributed by atoms with Crippen LogP contribution in [0.5, 0.6) is 0 Å². The van der Waals surface area contributed by atoms with Gasteiger partial charge in [0.25, 0.3) is 5.91 Å². The zero-order valence-electron chi connectivity index (χ0n) is 56.9. The number of Topliss-reactive ketones (excluding diaryl/α,β-unsaturated/α-hetero) is 1. The number of hydrogen-bond donors (Lipinski definition) is 4. The molecule has 496 valence electrons. The number of rotatable bonds is 38. The fraction of sp³-hybridized carbons (Fsp3) is 0.507. The Morgan fingerprint density at radius 2 is 1.38 bits per heavy atom. The minimum Gasteiger partial charge on any atom is -0.394 e. The number of amides is 4. The van der Waals surface area contributed by atoms with Crippen molar-refractivity contribution in [2.24, 2.45) is 10.2 Å². The Kier molecular flexibility index (Phi) is 28.6. The van der Waals surface area contributed by atoms with E-state index in [0.717, 1.165) is 37.2 Å². The number of unbranched alkanes of at least 4 members (excludes halogenated alkanes) is 3. The van der Waals surface area contributed by atoms with Gasteiger partial charge in [0.15, 0.2) is 5.71 Å². The normalized spacial score (nSPS) is 15.1. The van der Waals surface area contributed by atoms with Gasteiger partial charge in [-0.3, -0.25) is 24.0 Å². The molecule has 4 aromatic carbocycles. The van der Waals surface area contributed by atoms with Crippen LogP contribution in [0.1, 0.15) is 161 Å². The number of carbonyl (C=O) groups is 5. The van der Waals surface area contributed by atoms with E-state index in [9.17, 15) is 24.0 Å². The first kappa shape index (κ1) is 74.2. The summed E-state index contributed by atoms with van der Waals surface area (Å²) in [5, 5.41) is 20.1. The maximum Gasteiger partial charge on any atom is 0.343 e. The molecule has 4 amide bonds. The average molecular weight is 1310 g/mol. The molecule has 2 aliphatic rings. The number of benzene rings is 4. The number of nitrogens with zero attached hydrogens (tertiary/aromatic N) is 5. The Morgan fingerprint density at radius 1 is 0.739 bits per heavy atom. The van der Waals surface area contributed by atoms with Gasteiger partial charge in [-0.15, -0.1) is 6.42 Å². The highest BCUT2D eigenvalue weighted by Gasteiger charge is 2.49. The molecule has 19 heteroatoms. The van der Waals surface area contributed by atoms with Gasteiger partial charge in [0.05, 0.1) is 35.4 Å². The first-order valence-corrected chi connectivity index (χ1v) is 37.2. The fourth-order valence-corrected chi connectivity index (χ4v) is 18.0. The zero-order valence-corrected chi connectivity index (χ0v) is 59.6. The molecule has 0 saturated heterocycles. The first-order chi connectivity index (χ1) is 43.8. The van der Waals surface area contributed by atoms with Crippen molar-refractivity contribution in [2.45, 2.75) is 173 Å². The van der Waals surface area contributed by atoms with Crippen molar-refractivity contribution >= 4 is 93.7 Å². The topological polar surface area (TPSA) is 186 Å². The third kappa shape index (κ3) is 21.1. The molecule has 4 aromatic rings. The third-order valence-corrected chi connectivity index (χ3v) is 24.3. The largest absolute Gasteiger partial charge is 0.394 e. The first-order valence-electron chi connectivity index (χ1n) is 32.7. The van der Waals surface area contributed by atoms with E-state index in [-0.39, 0.29) is 70.7 Å². The molecule has 1 atom stereocenters. The molecule has 0 saturated carbocycles. The number of fused-ring (bicyclic) bond motifs is 2. The third-order valence-electron chi connectivity index (χ3n) is 17.1. The number of azo groups is 1. The molecular weight excluding hydrogens is 1210 g/mol. The lowest BCUT2D eigenvalue weighted by atomic mass is 9.81. The van der Waals surface area contributed by atoms with Crippen molar-refractivity contribution in [3.63, 3.8) is 0 Å². The second kappa shape index (κ2) is 35.4. The number of hydrogen-bond acceptors (Lipinski definition) is 13. The summed E-state index contributed by atoms with van der Waals surface area (Å²) >= 11 is 0. The van der Waals surface area contributed by atoms with Crippen LogP contribution in [0.4, 0.5) is 28.4 Å². The summed E-state index contributed by atoms with van der Waals surface area (Å²) in [6, 6.07) is 31.3. The summed E-state index contributed by atoms with van der Waals surface area (Å²) < 4.78 is 16.0. The lowest BCUT2D eigenvalue weighted by Crippen LogP contribution is -2.54. The minimum atomic E-state index is -2.90. The van der Waals surface area contributed by atoms with Gasteiger partial charge in [0.1, 0.15) is 18.9 Å². The number of terminal acetylenes is 1. The van der Waals surface area contributed by atoms with Crippen LogP contribution in [0.2, 0.25) is 11.1 Å². The van der Waals surface area contributed by atoms with Crippen LogP contribution < -0.4 is 31.1 Å². The van der Waals surface area contributed by atoms with Crippen LogP contribution in [-0.2, 0) is 38.9 Å². The van der Waals surface area contributed by atoms with Gasteiger partial charge in [0, 0.05) is 117 Å². The lowest BCUT2D eigenvalue weighted by Gasteiger charge is -2.43. The molecule has 0 bridgehead atoms. The number of allylic oxidation sites excluding steroid dienone is 4. The van der Waals surface area contributed by atoms with Crippen LogP contribution in [0.15, 0.2) is 131 Å². The molecule has 0 radical (unpaired) electrons. The van der Waals surface area contributed by atoms with Crippen LogP contribution in [0, 0.1) is 12.3 Å². The van der Waals surface area contributed by atoms with Crippen molar-refractivity contribution in [2.75, 3.05) is 75.2 Å². The van der Waals surface area contributed by atoms with Crippen LogP contribution in [-0.4, -0.2) is 125 Å². The van der Waals surface area contributed by atoms with Crippen LogP contribution in [0.3, 0.4) is 0 Å². The monoisotopic (exact) mass is 1310 g/mol. The van der Waals surface area contributed by atoms with Crippen molar-refractivity contribution in [3.05, 3.63) is 138 Å².